The minimum absolute atomic E-state index is 0.0883. The molecule has 2 aliphatic heterocycles. The molecule has 236 valence electrons. The summed E-state index contributed by atoms with van der Waals surface area (Å²) in [6.45, 7) is 8.10. The Morgan fingerprint density at radius 2 is 1.78 bits per heavy atom. The number of pyridine rings is 1. The van der Waals surface area contributed by atoms with Crippen molar-refractivity contribution in [3.05, 3.63) is 120 Å². The molecule has 0 bridgehead atoms. The molecule has 6 rings (SSSR count). The van der Waals surface area contributed by atoms with Crippen LogP contribution in [0.2, 0.25) is 0 Å². The van der Waals surface area contributed by atoms with Gasteiger partial charge in [0.05, 0.1) is 24.1 Å². The zero-order chi connectivity index (χ0) is 32.4. The maximum Gasteiger partial charge on any atom is 0.334 e. The van der Waals surface area contributed by atoms with Gasteiger partial charge in [-0.2, -0.15) is 0 Å². The molecule has 4 amide bonds. The molecule has 10 nitrogen and oxygen atoms in total. The maximum atomic E-state index is 14.5. The SMILES string of the molecule is C=CCN1CC(=O)N2C([C@H](C)N(Cc3cccc4cccnc34)C(=O)[C@@H]2Cc2ccc(O)cc2)N1C(=O)N[C@@H](C)c1ccccc1. The number of urea groups is 1. The monoisotopic (exact) mass is 618 g/mol. The summed E-state index contributed by atoms with van der Waals surface area (Å²) in [6.07, 6.45) is 2.81. The predicted molar refractivity (Wildman–Crippen MR) is 175 cm³/mol. The molecule has 0 radical (unpaired) electrons. The van der Waals surface area contributed by atoms with E-state index in [-0.39, 0.29) is 55.7 Å². The number of aromatic nitrogens is 1. The lowest BCUT2D eigenvalue weighted by atomic mass is 9.94. The second kappa shape index (κ2) is 13.0. The predicted octanol–water partition coefficient (Wildman–Crippen LogP) is 4.63. The summed E-state index contributed by atoms with van der Waals surface area (Å²) in [5.74, 6) is -0.351. The Kier molecular flexibility index (Phi) is 8.72. The Balaban J connectivity index is 1.42. The molecular formula is C36H38N6O4. The van der Waals surface area contributed by atoms with Gasteiger partial charge in [0.25, 0.3) is 0 Å². The number of carbonyl (C=O) groups is 3. The molecule has 1 unspecified atom stereocenters. The van der Waals surface area contributed by atoms with Gasteiger partial charge >= 0.3 is 6.03 Å². The first-order valence-electron chi connectivity index (χ1n) is 15.5. The third-order valence-electron chi connectivity index (χ3n) is 8.88. The van der Waals surface area contributed by atoms with E-state index in [4.69, 9.17) is 0 Å². The number of benzene rings is 3. The van der Waals surface area contributed by atoms with Crippen molar-refractivity contribution in [2.24, 2.45) is 0 Å². The van der Waals surface area contributed by atoms with Crippen molar-refractivity contribution in [1.29, 1.82) is 0 Å². The topological polar surface area (TPSA) is 109 Å². The van der Waals surface area contributed by atoms with Gasteiger partial charge in [0.1, 0.15) is 18.0 Å². The molecule has 2 fully saturated rings. The van der Waals surface area contributed by atoms with Crippen molar-refractivity contribution in [1.82, 2.24) is 30.1 Å². The van der Waals surface area contributed by atoms with Crippen LogP contribution in [0.1, 0.15) is 36.6 Å². The van der Waals surface area contributed by atoms with Gasteiger partial charge in [-0.25, -0.2) is 14.8 Å². The van der Waals surface area contributed by atoms with Crippen molar-refractivity contribution in [2.75, 3.05) is 13.1 Å². The number of fused-ring (bicyclic) bond motifs is 2. The number of aromatic hydroxyl groups is 1. The number of carbonyl (C=O) groups excluding carboxylic acids is 3. The number of hydrogen-bond acceptors (Lipinski definition) is 6. The first kappa shape index (κ1) is 30.8. The van der Waals surface area contributed by atoms with E-state index in [1.165, 1.54) is 0 Å². The Morgan fingerprint density at radius 3 is 2.52 bits per heavy atom. The summed E-state index contributed by atoms with van der Waals surface area (Å²) in [7, 11) is 0. The number of phenolic OH excluding ortho intramolecular Hbond substituents is 1. The number of nitrogens with one attached hydrogen (secondary N) is 1. The van der Waals surface area contributed by atoms with Crippen molar-refractivity contribution >= 4 is 28.7 Å². The van der Waals surface area contributed by atoms with Crippen LogP contribution in [0.4, 0.5) is 4.79 Å². The van der Waals surface area contributed by atoms with E-state index < -0.39 is 18.2 Å². The third kappa shape index (κ3) is 5.91. The van der Waals surface area contributed by atoms with Crippen LogP contribution < -0.4 is 5.32 Å². The first-order valence-corrected chi connectivity index (χ1v) is 15.5. The van der Waals surface area contributed by atoms with Crippen molar-refractivity contribution in [2.45, 2.75) is 51.1 Å². The van der Waals surface area contributed by atoms with E-state index in [0.717, 1.165) is 27.6 Å². The molecule has 10 heteroatoms. The van der Waals surface area contributed by atoms with Crippen molar-refractivity contribution in [3.63, 3.8) is 0 Å². The molecule has 2 N–H and O–H groups in total. The van der Waals surface area contributed by atoms with Crippen LogP contribution in [-0.4, -0.2) is 79.1 Å². The number of phenols is 1. The highest BCUT2D eigenvalue weighted by Crippen LogP contribution is 2.34. The van der Waals surface area contributed by atoms with Crippen LogP contribution in [-0.2, 0) is 22.6 Å². The third-order valence-corrected chi connectivity index (χ3v) is 8.88. The van der Waals surface area contributed by atoms with Crippen molar-refractivity contribution in [3.8, 4) is 5.75 Å². The number of hydrazine groups is 1. The van der Waals surface area contributed by atoms with Gasteiger partial charge in [0.2, 0.25) is 11.8 Å². The summed E-state index contributed by atoms with van der Waals surface area (Å²) in [5.41, 5.74) is 3.39. The molecular weight excluding hydrogens is 580 g/mol. The van der Waals surface area contributed by atoms with Gasteiger partial charge in [0, 0.05) is 31.1 Å². The minimum atomic E-state index is -0.881. The summed E-state index contributed by atoms with van der Waals surface area (Å²) in [4.78, 5) is 50.7. The number of rotatable bonds is 8. The van der Waals surface area contributed by atoms with Crippen LogP contribution in [0.25, 0.3) is 10.9 Å². The molecule has 0 spiro atoms. The van der Waals surface area contributed by atoms with Gasteiger partial charge in [-0.15, -0.1) is 6.58 Å². The molecule has 3 aromatic carbocycles. The Bertz CT molecular complexity index is 1740. The summed E-state index contributed by atoms with van der Waals surface area (Å²) < 4.78 is 0. The minimum Gasteiger partial charge on any atom is -0.508 e. The highest BCUT2D eigenvalue weighted by Gasteiger charge is 2.54. The fourth-order valence-electron chi connectivity index (χ4n) is 6.58. The van der Waals surface area contributed by atoms with E-state index >= 15 is 0 Å². The Hall–Kier alpha value is -5.22. The van der Waals surface area contributed by atoms with Gasteiger partial charge in [-0.1, -0.05) is 72.8 Å². The summed E-state index contributed by atoms with van der Waals surface area (Å²) in [5, 5.41) is 17.3. The molecule has 46 heavy (non-hydrogen) atoms. The average molecular weight is 619 g/mol. The summed E-state index contributed by atoms with van der Waals surface area (Å²) in [6, 6.07) is 23.9. The number of para-hydroxylation sites is 1. The highest BCUT2D eigenvalue weighted by molar-refractivity contribution is 5.92. The zero-order valence-electron chi connectivity index (χ0n) is 26.0. The smallest absolute Gasteiger partial charge is 0.334 e. The van der Waals surface area contributed by atoms with Crippen LogP contribution in [0.3, 0.4) is 0 Å². The van der Waals surface area contributed by atoms with E-state index in [9.17, 15) is 19.5 Å². The lowest BCUT2D eigenvalue weighted by Gasteiger charge is -2.58. The lowest BCUT2D eigenvalue weighted by molar-refractivity contribution is -0.198. The Morgan fingerprint density at radius 1 is 1.04 bits per heavy atom. The molecule has 4 atom stereocenters. The first-order chi connectivity index (χ1) is 22.3. The molecule has 0 saturated carbocycles. The van der Waals surface area contributed by atoms with E-state index in [0.29, 0.717) is 0 Å². The summed E-state index contributed by atoms with van der Waals surface area (Å²) >= 11 is 0. The van der Waals surface area contributed by atoms with E-state index in [2.05, 4.69) is 16.9 Å². The highest BCUT2D eigenvalue weighted by atomic mass is 16.3. The second-order valence-electron chi connectivity index (χ2n) is 11.9. The maximum absolute atomic E-state index is 14.5. The van der Waals surface area contributed by atoms with Crippen LogP contribution in [0.5, 0.6) is 5.75 Å². The number of hydrogen-bond donors (Lipinski definition) is 2. The van der Waals surface area contributed by atoms with Gasteiger partial charge < -0.3 is 20.2 Å². The lowest BCUT2D eigenvalue weighted by Crippen LogP contribution is -2.79. The quantitative estimate of drug-likeness (QED) is 0.279. The van der Waals surface area contributed by atoms with Crippen LogP contribution >= 0.6 is 0 Å². The van der Waals surface area contributed by atoms with Gasteiger partial charge in [-0.3, -0.25) is 14.6 Å². The van der Waals surface area contributed by atoms with Gasteiger partial charge in [0.15, 0.2) is 0 Å². The average Bonchev–Trinajstić information content (AvgIpc) is 3.06. The molecule has 3 heterocycles. The van der Waals surface area contributed by atoms with Crippen LogP contribution in [0.15, 0.2) is 104 Å². The molecule has 1 aromatic heterocycles. The normalized spacial score (nSPS) is 20.8. The molecule has 2 saturated heterocycles. The van der Waals surface area contributed by atoms with E-state index in [1.54, 1.807) is 56.4 Å². The molecule has 2 aliphatic rings. The number of amides is 4. The largest absolute Gasteiger partial charge is 0.508 e. The van der Waals surface area contributed by atoms with E-state index in [1.807, 2.05) is 74.5 Å². The standard InChI is InChI=1S/C36H38N6O4/c1-4-20-39-23-32(44)41-31(21-26-15-17-30(43)18-16-26)35(45)40(22-29-13-8-12-28-14-9-19-37-33(28)29)25(3)34(41)42(39)36(46)38-24(2)27-10-6-5-7-11-27/h4-19,24-25,31,34,43H,1,20-23H2,2-3H3,(H,38,46)/t24-,25-,31-,34?/m0/s1. The Labute approximate surface area is 268 Å². The van der Waals surface area contributed by atoms with Crippen LogP contribution in [0, 0.1) is 0 Å². The number of nitrogens with zero attached hydrogens (tertiary/aromatic N) is 5. The molecule has 4 aromatic rings. The fraction of sp³-hybridized carbons (Fsp3) is 0.278. The fourth-order valence-corrected chi connectivity index (χ4v) is 6.58. The second-order valence-corrected chi connectivity index (χ2v) is 11.9. The number of piperazine rings is 1. The zero-order valence-corrected chi connectivity index (χ0v) is 26.0. The van der Waals surface area contributed by atoms with Gasteiger partial charge in [-0.05, 0) is 48.7 Å². The van der Waals surface area contributed by atoms with Crippen molar-refractivity contribution < 1.29 is 19.5 Å². The molecule has 0 aliphatic carbocycles.